The minimum absolute atomic E-state index is 0.0473. The van der Waals surface area contributed by atoms with Gasteiger partial charge in [0.15, 0.2) is 6.29 Å². The molecule has 26 heavy (non-hydrogen) atoms. The van der Waals surface area contributed by atoms with Gasteiger partial charge in [-0.1, -0.05) is 60.7 Å². The molecule has 0 unspecified atom stereocenters. The topological polar surface area (TPSA) is 36.9 Å². The average Bonchev–Trinajstić information content (AvgIpc) is 2.69. The highest BCUT2D eigenvalue weighted by Crippen LogP contribution is 2.35. The molecule has 4 atom stereocenters. The van der Waals surface area contributed by atoms with Crippen molar-refractivity contribution >= 4 is 0 Å². The summed E-state index contributed by atoms with van der Waals surface area (Å²) in [4.78, 5) is 0. The fraction of sp³-hybridized carbons (Fsp3) is 0.455. The smallest absolute Gasteiger partial charge is 0.158 e. The number of ether oxygens (including phenoxy) is 4. The van der Waals surface area contributed by atoms with E-state index in [4.69, 9.17) is 18.9 Å². The van der Waals surface area contributed by atoms with E-state index in [-0.39, 0.29) is 18.5 Å². The molecule has 0 radical (unpaired) electrons. The van der Waals surface area contributed by atoms with E-state index in [1.807, 2.05) is 36.4 Å². The molecule has 0 spiro atoms. The van der Waals surface area contributed by atoms with E-state index in [2.05, 4.69) is 24.3 Å². The highest BCUT2D eigenvalue weighted by molar-refractivity contribution is 5.14. The van der Waals surface area contributed by atoms with Crippen LogP contribution in [-0.2, 0) is 32.2 Å². The monoisotopic (exact) mass is 354 g/mol. The van der Waals surface area contributed by atoms with Gasteiger partial charge in [-0.2, -0.15) is 0 Å². The van der Waals surface area contributed by atoms with Gasteiger partial charge in [-0.25, -0.2) is 0 Å². The zero-order valence-electron chi connectivity index (χ0n) is 15.0. The minimum Gasteiger partial charge on any atom is -0.374 e. The van der Waals surface area contributed by atoms with Crippen LogP contribution in [0.5, 0.6) is 0 Å². The van der Waals surface area contributed by atoms with E-state index >= 15 is 0 Å². The third kappa shape index (κ3) is 4.51. The Bertz CT molecular complexity index is 660. The third-order valence-corrected chi connectivity index (χ3v) is 5.12. The van der Waals surface area contributed by atoms with Crippen molar-refractivity contribution < 1.29 is 18.9 Å². The van der Waals surface area contributed by atoms with Crippen molar-refractivity contribution in [2.45, 2.75) is 44.6 Å². The van der Waals surface area contributed by atoms with E-state index in [0.717, 1.165) is 19.4 Å². The maximum Gasteiger partial charge on any atom is 0.158 e. The SMILES string of the molecule is c1ccc(COC[C@H]2O[C@@H]3C[C@@H](CCO3)[C@H]2OCc2ccccc2)cc1. The summed E-state index contributed by atoms with van der Waals surface area (Å²) in [7, 11) is 0. The van der Waals surface area contributed by atoms with Gasteiger partial charge in [0.1, 0.15) is 6.10 Å². The van der Waals surface area contributed by atoms with Gasteiger partial charge >= 0.3 is 0 Å². The van der Waals surface area contributed by atoms with Crippen LogP contribution in [0.1, 0.15) is 24.0 Å². The molecule has 4 heteroatoms. The average molecular weight is 354 g/mol. The van der Waals surface area contributed by atoms with E-state index in [9.17, 15) is 0 Å². The molecule has 2 fully saturated rings. The lowest BCUT2D eigenvalue weighted by Gasteiger charge is -2.44. The quantitative estimate of drug-likeness (QED) is 0.755. The molecule has 0 aliphatic carbocycles. The predicted octanol–water partition coefficient (Wildman–Crippen LogP) is 3.94. The van der Waals surface area contributed by atoms with Gasteiger partial charge in [-0.15, -0.1) is 0 Å². The Balaban J connectivity index is 1.36. The molecule has 2 bridgehead atoms. The van der Waals surface area contributed by atoms with Crippen LogP contribution in [0.15, 0.2) is 60.7 Å². The second-order valence-corrected chi connectivity index (χ2v) is 7.02. The first-order chi connectivity index (χ1) is 12.9. The second-order valence-electron chi connectivity index (χ2n) is 7.02. The summed E-state index contributed by atoms with van der Waals surface area (Å²) in [5.41, 5.74) is 2.35. The van der Waals surface area contributed by atoms with Crippen LogP contribution in [0.4, 0.5) is 0 Å². The molecule has 2 aliphatic heterocycles. The Kier molecular flexibility index (Phi) is 5.97. The Morgan fingerprint density at radius 2 is 1.58 bits per heavy atom. The van der Waals surface area contributed by atoms with Crippen LogP contribution in [0.25, 0.3) is 0 Å². The fourth-order valence-corrected chi connectivity index (χ4v) is 3.76. The molecular formula is C22H26O4. The van der Waals surface area contributed by atoms with Crippen molar-refractivity contribution in [1.82, 2.24) is 0 Å². The molecule has 0 N–H and O–H groups in total. The Labute approximate surface area is 155 Å². The van der Waals surface area contributed by atoms with Crippen LogP contribution < -0.4 is 0 Å². The fourth-order valence-electron chi connectivity index (χ4n) is 3.76. The largest absolute Gasteiger partial charge is 0.374 e. The molecule has 0 aromatic heterocycles. The number of rotatable bonds is 7. The van der Waals surface area contributed by atoms with E-state index in [1.165, 1.54) is 11.1 Å². The van der Waals surface area contributed by atoms with Crippen molar-refractivity contribution in [3.05, 3.63) is 71.8 Å². The van der Waals surface area contributed by atoms with Crippen LogP contribution in [0, 0.1) is 5.92 Å². The van der Waals surface area contributed by atoms with E-state index in [1.54, 1.807) is 0 Å². The lowest BCUT2D eigenvalue weighted by Crippen LogP contribution is -2.52. The first kappa shape index (κ1) is 17.7. The number of benzene rings is 2. The zero-order valence-corrected chi connectivity index (χ0v) is 15.0. The molecule has 2 aliphatic rings. The van der Waals surface area contributed by atoms with Crippen molar-refractivity contribution in [2.75, 3.05) is 13.2 Å². The summed E-state index contributed by atoms with van der Waals surface area (Å²) < 4.78 is 24.1. The van der Waals surface area contributed by atoms with Crippen LogP contribution >= 0.6 is 0 Å². The third-order valence-electron chi connectivity index (χ3n) is 5.12. The van der Waals surface area contributed by atoms with E-state index in [0.29, 0.717) is 25.7 Å². The summed E-state index contributed by atoms with van der Waals surface area (Å²) in [5.74, 6) is 0.469. The zero-order chi connectivity index (χ0) is 17.6. The molecule has 2 aromatic rings. The van der Waals surface area contributed by atoms with Gasteiger partial charge in [0.2, 0.25) is 0 Å². The Morgan fingerprint density at radius 3 is 2.31 bits per heavy atom. The predicted molar refractivity (Wildman–Crippen MR) is 98.5 cm³/mol. The number of fused-ring (bicyclic) bond motifs is 2. The number of hydrogen-bond donors (Lipinski definition) is 0. The molecule has 2 saturated heterocycles. The van der Waals surface area contributed by atoms with Crippen LogP contribution in [-0.4, -0.2) is 31.7 Å². The van der Waals surface area contributed by atoms with Gasteiger partial charge in [-0.3, -0.25) is 0 Å². The summed E-state index contributed by atoms with van der Waals surface area (Å²) in [6.07, 6.45) is 1.77. The Hall–Kier alpha value is -1.72. The molecule has 2 heterocycles. The minimum atomic E-state index is -0.115. The van der Waals surface area contributed by atoms with Gasteiger partial charge in [-0.05, 0) is 23.5 Å². The van der Waals surface area contributed by atoms with Gasteiger partial charge in [0.25, 0.3) is 0 Å². The maximum atomic E-state index is 6.31. The van der Waals surface area contributed by atoms with Gasteiger partial charge in [0, 0.05) is 6.42 Å². The first-order valence-corrected chi connectivity index (χ1v) is 9.43. The van der Waals surface area contributed by atoms with Gasteiger partial charge < -0.3 is 18.9 Å². The first-order valence-electron chi connectivity index (χ1n) is 9.43. The molecule has 4 rings (SSSR count). The summed E-state index contributed by atoms with van der Waals surface area (Å²) in [6, 6.07) is 20.5. The lowest BCUT2D eigenvalue weighted by atomic mass is 9.87. The molecule has 0 amide bonds. The van der Waals surface area contributed by atoms with Crippen LogP contribution in [0.3, 0.4) is 0 Å². The normalized spacial score (nSPS) is 28.0. The number of hydrogen-bond acceptors (Lipinski definition) is 4. The maximum absolute atomic E-state index is 6.31. The van der Waals surface area contributed by atoms with Crippen molar-refractivity contribution in [3.8, 4) is 0 Å². The van der Waals surface area contributed by atoms with Crippen molar-refractivity contribution in [2.24, 2.45) is 5.92 Å². The Morgan fingerprint density at radius 1 is 0.885 bits per heavy atom. The molecule has 138 valence electrons. The molecular weight excluding hydrogens is 328 g/mol. The standard InChI is InChI=1S/C22H26O4/c1-3-7-17(8-4-1)14-23-16-20-22(19-11-12-24-21(13-19)26-20)25-15-18-9-5-2-6-10-18/h1-10,19-22H,11-16H2/t19-,20-,21-,22-/m1/s1. The van der Waals surface area contributed by atoms with Gasteiger partial charge in [0.05, 0.1) is 32.5 Å². The lowest BCUT2D eigenvalue weighted by molar-refractivity contribution is -0.282. The summed E-state index contributed by atoms with van der Waals surface area (Å²) in [6.45, 7) is 2.46. The van der Waals surface area contributed by atoms with Crippen molar-refractivity contribution in [3.63, 3.8) is 0 Å². The second kappa shape index (κ2) is 8.78. The molecule has 2 aromatic carbocycles. The van der Waals surface area contributed by atoms with Crippen LogP contribution in [0.2, 0.25) is 0 Å². The highest BCUT2D eigenvalue weighted by Gasteiger charge is 2.42. The van der Waals surface area contributed by atoms with E-state index < -0.39 is 0 Å². The van der Waals surface area contributed by atoms with Crippen molar-refractivity contribution in [1.29, 1.82) is 0 Å². The molecule has 4 nitrogen and oxygen atoms in total. The summed E-state index contributed by atoms with van der Waals surface area (Å²) in [5, 5.41) is 0. The summed E-state index contributed by atoms with van der Waals surface area (Å²) >= 11 is 0. The molecule has 0 saturated carbocycles. The highest BCUT2D eigenvalue weighted by atomic mass is 16.7.